The summed E-state index contributed by atoms with van der Waals surface area (Å²) < 4.78 is 16.7. The highest BCUT2D eigenvalue weighted by Gasteiger charge is 2.19. The Labute approximate surface area is 341 Å². The number of carbonyl (C=O) groups is 3. The van der Waals surface area contributed by atoms with Crippen LogP contribution in [0.25, 0.3) is 0 Å². The molecule has 0 saturated carbocycles. The first kappa shape index (κ1) is 52.9. The number of allylic oxidation sites excluding steroid dienone is 4. The van der Waals surface area contributed by atoms with Gasteiger partial charge in [-0.25, -0.2) is 0 Å². The standard InChI is InChI=1S/C49H90O6/c1-4-7-10-13-16-19-22-23-24-25-28-30-33-36-39-42-48(51)54-45-46(55-49(52)43-40-37-34-31-27-21-18-15-12-9-6-3)44-53-47(50)41-38-35-32-29-26-20-17-14-11-8-5-2/h15,18,21,27,46H,4-14,16-17,19-20,22-26,28-45H2,1-3H3/b18-15-,27-21-. The van der Waals surface area contributed by atoms with Crippen molar-refractivity contribution in [2.45, 2.75) is 258 Å². The molecule has 322 valence electrons. The number of unbranched alkanes of at least 4 members (excludes halogenated alkanes) is 29. The summed E-state index contributed by atoms with van der Waals surface area (Å²) in [5.41, 5.74) is 0. The van der Waals surface area contributed by atoms with Crippen LogP contribution in [0.3, 0.4) is 0 Å². The van der Waals surface area contributed by atoms with Crippen molar-refractivity contribution in [2.24, 2.45) is 0 Å². The third-order valence-electron chi connectivity index (χ3n) is 10.5. The molecule has 0 fully saturated rings. The van der Waals surface area contributed by atoms with Crippen molar-refractivity contribution < 1.29 is 28.6 Å². The number of hydrogen-bond donors (Lipinski definition) is 0. The maximum Gasteiger partial charge on any atom is 0.306 e. The van der Waals surface area contributed by atoms with Crippen molar-refractivity contribution in [1.29, 1.82) is 0 Å². The second-order valence-electron chi connectivity index (χ2n) is 16.1. The normalized spacial score (nSPS) is 12.1. The molecule has 1 unspecified atom stereocenters. The fourth-order valence-corrected chi connectivity index (χ4v) is 6.83. The van der Waals surface area contributed by atoms with Crippen molar-refractivity contribution in [3.8, 4) is 0 Å². The minimum absolute atomic E-state index is 0.0778. The van der Waals surface area contributed by atoms with E-state index in [1.54, 1.807) is 0 Å². The van der Waals surface area contributed by atoms with E-state index >= 15 is 0 Å². The van der Waals surface area contributed by atoms with Crippen LogP contribution in [-0.2, 0) is 28.6 Å². The molecule has 6 nitrogen and oxygen atoms in total. The van der Waals surface area contributed by atoms with Gasteiger partial charge < -0.3 is 14.2 Å². The lowest BCUT2D eigenvalue weighted by molar-refractivity contribution is -0.167. The molecule has 0 N–H and O–H groups in total. The van der Waals surface area contributed by atoms with Gasteiger partial charge in [-0.15, -0.1) is 0 Å². The summed E-state index contributed by atoms with van der Waals surface area (Å²) >= 11 is 0. The Morgan fingerprint density at radius 3 is 1.02 bits per heavy atom. The van der Waals surface area contributed by atoms with Gasteiger partial charge in [0.1, 0.15) is 13.2 Å². The second-order valence-corrected chi connectivity index (χ2v) is 16.1. The first-order valence-corrected chi connectivity index (χ1v) is 23.9. The van der Waals surface area contributed by atoms with Gasteiger partial charge in [0.05, 0.1) is 0 Å². The third kappa shape index (κ3) is 42.9. The van der Waals surface area contributed by atoms with E-state index in [-0.39, 0.29) is 31.1 Å². The van der Waals surface area contributed by atoms with Crippen LogP contribution >= 0.6 is 0 Å². The molecule has 0 radical (unpaired) electrons. The highest BCUT2D eigenvalue weighted by molar-refractivity contribution is 5.71. The molecular weight excluding hydrogens is 685 g/mol. The summed E-state index contributed by atoms with van der Waals surface area (Å²) in [6.45, 7) is 6.57. The van der Waals surface area contributed by atoms with Crippen LogP contribution < -0.4 is 0 Å². The number of ether oxygens (including phenoxy) is 3. The molecule has 0 spiro atoms. The molecular formula is C49H90O6. The Balaban J connectivity index is 4.34. The molecule has 0 bridgehead atoms. The number of hydrogen-bond acceptors (Lipinski definition) is 6. The van der Waals surface area contributed by atoms with Gasteiger partial charge in [0.25, 0.3) is 0 Å². The largest absolute Gasteiger partial charge is 0.462 e. The Hall–Kier alpha value is -2.11. The summed E-state index contributed by atoms with van der Waals surface area (Å²) in [5, 5.41) is 0. The van der Waals surface area contributed by atoms with E-state index in [0.29, 0.717) is 19.3 Å². The predicted molar refractivity (Wildman–Crippen MR) is 233 cm³/mol. The molecule has 6 heteroatoms. The maximum absolute atomic E-state index is 12.7. The molecule has 0 aromatic carbocycles. The monoisotopic (exact) mass is 775 g/mol. The summed E-state index contributed by atoms with van der Waals surface area (Å²) in [6, 6.07) is 0. The molecule has 0 aliphatic rings. The van der Waals surface area contributed by atoms with E-state index in [1.807, 2.05) is 0 Å². The van der Waals surface area contributed by atoms with Gasteiger partial charge >= 0.3 is 17.9 Å². The van der Waals surface area contributed by atoms with Gasteiger partial charge in [0, 0.05) is 19.3 Å². The Bertz CT molecular complexity index is 896. The maximum atomic E-state index is 12.7. The van der Waals surface area contributed by atoms with E-state index in [1.165, 1.54) is 141 Å². The first-order chi connectivity index (χ1) is 27.0. The van der Waals surface area contributed by atoms with Crippen molar-refractivity contribution >= 4 is 17.9 Å². The Morgan fingerprint density at radius 1 is 0.364 bits per heavy atom. The lowest BCUT2D eigenvalue weighted by Crippen LogP contribution is -2.30. The molecule has 0 aromatic heterocycles. The van der Waals surface area contributed by atoms with Crippen LogP contribution in [0.1, 0.15) is 252 Å². The van der Waals surface area contributed by atoms with Gasteiger partial charge in [0.2, 0.25) is 0 Å². The molecule has 0 aromatic rings. The second kappa shape index (κ2) is 44.6. The Kier molecular flexibility index (Phi) is 42.9. The highest BCUT2D eigenvalue weighted by Crippen LogP contribution is 2.15. The lowest BCUT2D eigenvalue weighted by Gasteiger charge is -2.18. The Morgan fingerprint density at radius 2 is 0.655 bits per heavy atom. The minimum Gasteiger partial charge on any atom is -0.462 e. The summed E-state index contributed by atoms with van der Waals surface area (Å²) in [6.07, 6.45) is 48.7. The molecule has 55 heavy (non-hydrogen) atoms. The van der Waals surface area contributed by atoms with E-state index in [2.05, 4.69) is 45.1 Å². The highest BCUT2D eigenvalue weighted by atomic mass is 16.6. The number of carbonyl (C=O) groups excluding carboxylic acids is 3. The van der Waals surface area contributed by atoms with Gasteiger partial charge in [-0.3, -0.25) is 14.4 Å². The van der Waals surface area contributed by atoms with Gasteiger partial charge in [-0.1, -0.05) is 218 Å². The van der Waals surface area contributed by atoms with Crippen LogP contribution in [0.4, 0.5) is 0 Å². The molecule has 0 aliphatic carbocycles. The van der Waals surface area contributed by atoms with Crippen molar-refractivity contribution in [1.82, 2.24) is 0 Å². The molecule has 0 amide bonds. The van der Waals surface area contributed by atoms with E-state index in [9.17, 15) is 14.4 Å². The van der Waals surface area contributed by atoms with Crippen LogP contribution in [0.15, 0.2) is 24.3 Å². The fourth-order valence-electron chi connectivity index (χ4n) is 6.83. The van der Waals surface area contributed by atoms with E-state index < -0.39 is 6.10 Å². The first-order valence-electron chi connectivity index (χ1n) is 23.9. The van der Waals surface area contributed by atoms with Crippen molar-refractivity contribution in [3.63, 3.8) is 0 Å². The zero-order chi connectivity index (χ0) is 40.1. The zero-order valence-electron chi connectivity index (χ0n) is 36.7. The number of rotatable bonds is 43. The average molecular weight is 775 g/mol. The quantitative estimate of drug-likeness (QED) is 0.0266. The van der Waals surface area contributed by atoms with Gasteiger partial charge in [-0.2, -0.15) is 0 Å². The third-order valence-corrected chi connectivity index (χ3v) is 10.5. The predicted octanol–water partition coefficient (Wildman–Crippen LogP) is 15.2. The van der Waals surface area contributed by atoms with Gasteiger partial charge in [0.15, 0.2) is 6.10 Å². The lowest BCUT2D eigenvalue weighted by atomic mass is 10.0. The smallest absolute Gasteiger partial charge is 0.306 e. The SMILES string of the molecule is CCCC/C=C\C=C/CCCCCC(=O)OC(COC(=O)CCCCCCCCCCCCC)COC(=O)CCCCCCCCCCCCCCCCC. The van der Waals surface area contributed by atoms with Crippen molar-refractivity contribution in [3.05, 3.63) is 24.3 Å². The van der Waals surface area contributed by atoms with Crippen LogP contribution in [0.5, 0.6) is 0 Å². The molecule has 0 aliphatic heterocycles. The van der Waals surface area contributed by atoms with E-state index in [4.69, 9.17) is 14.2 Å². The zero-order valence-corrected chi connectivity index (χ0v) is 36.7. The van der Waals surface area contributed by atoms with Crippen LogP contribution in [0.2, 0.25) is 0 Å². The fraction of sp³-hybridized carbons (Fsp3) is 0.857. The topological polar surface area (TPSA) is 78.9 Å². The summed E-state index contributed by atoms with van der Waals surface area (Å²) in [7, 11) is 0. The molecule has 0 heterocycles. The molecule has 1 atom stereocenters. The average Bonchev–Trinajstić information content (AvgIpc) is 3.18. The molecule has 0 saturated heterocycles. The minimum atomic E-state index is -0.777. The number of esters is 3. The van der Waals surface area contributed by atoms with E-state index in [0.717, 1.165) is 70.6 Å². The summed E-state index contributed by atoms with van der Waals surface area (Å²) in [5.74, 6) is -0.898. The molecule has 0 rings (SSSR count). The van der Waals surface area contributed by atoms with Crippen LogP contribution in [0, 0.1) is 0 Å². The summed E-state index contributed by atoms with van der Waals surface area (Å²) in [4.78, 5) is 37.7. The van der Waals surface area contributed by atoms with Gasteiger partial charge in [-0.05, 0) is 38.5 Å². The van der Waals surface area contributed by atoms with Crippen molar-refractivity contribution in [2.75, 3.05) is 13.2 Å². The van der Waals surface area contributed by atoms with Crippen LogP contribution in [-0.4, -0.2) is 37.2 Å².